The molecule has 68 valence electrons. The summed E-state index contributed by atoms with van der Waals surface area (Å²) < 4.78 is 24.8. The Bertz CT molecular complexity index is 107. The molecular weight excluding hydrogens is 148 g/mol. The molecule has 0 aliphatic carbocycles. The van der Waals surface area contributed by atoms with Gasteiger partial charge in [-0.05, 0) is 13.0 Å². The molecular formula is C8H17F2N. The molecule has 0 saturated carbocycles. The van der Waals surface area contributed by atoms with Gasteiger partial charge in [0, 0.05) is 13.5 Å². The first kappa shape index (κ1) is 10.8. The maximum atomic E-state index is 12.4. The van der Waals surface area contributed by atoms with Crippen LogP contribution in [0, 0.1) is 5.92 Å². The Morgan fingerprint density at radius 2 is 1.82 bits per heavy atom. The third kappa shape index (κ3) is 7.72. The Morgan fingerprint density at radius 1 is 1.36 bits per heavy atom. The van der Waals surface area contributed by atoms with E-state index in [1.165, 1.54) is 0 Å². The Kier molecular flexibility index (Phi) is 3.93. The van der Waals surface area contributed by atoms with Crippen molar-refractivity contribution in [2.24, 2.45) is 5.92 Å². The van der Waals surface area contributed by atoms with Crippen LogP contribution in [0.4, 0.5) is 8.78 Å². The maximum Gasteiger partial charge on any atom is 0.257 e. The van der Waals surface area contributed by atoms with Crippen LogP contribution in [0.1, 0.15) is 20.8 Å². The predicted octanol–water partition coefficient (Wildman–Crippen LogP) is 2.23. The minimum Gasteiger partial charge on any atom is -0.300 e. The number of halogens is 2. The molecule has 0 rings (SSSR count). The third-order valence-corrected chi connectivity index (χ3v) is 1.22. The zero-order chi connectivity index (χ0) is 9.07. The van der Waals surface area contributed by atoms with E-state index in [0.717, 1.165) is 13.5 Å². The van der Waals surface area contributed by atoms with E-state index in [9.17, 15) is 8.78 Å². The Balaban J connectivity index is 3.61. The van der Waals surface area contributed by atoms with Gasteiger partial charge in [-0.25, -0.2) is 8.78 Å². The minimum atomic E-state index is -2.57. The molecule has 0 bridgehead atoms. The van der Waals surface area contributed by atoms with Crippen molar-refractivity contribution in [2.45, 2.75) is 26.7 Å². The fraction of sp³-hybridized carbons (Fsp3) is 1.00. The van der Waals surface area contributed by atoms with Crippen molar-refractivity contribution in [3.8, 4) is 0 Å². The van der Waals surface area contributed by atoms with Crippen LogP contribution in [0.3, 0.4) is 0 Å². The van der Waals surface area contributed by atoms with Crippen molar-refractivity contribution in [3.05, 3.63) is 0 Å². The van der Waals surface area contributed by atoms with Crippen molar-refractivity contribution >= 4 is 0 Å². The van der Waals surface area contributed by atoms with Crippen molar-refractivity contribution in [2.75, 3.05) is 20.1 Å². The minimum absolute atomic E-state index is 0.148. The molecule has 3 heteroatoms. The summed E-state index contributed by atoms with van der Waals surface area (Å²) in [5, 5.41) is 0. The van der Waals surface area contributed by atoms with Crippen LogP contribution < -0.4 is 0 Å². The lowest BCUT2D eigenvalue weighted by atomic mass is 10.2. The summed E-state index contributed by atoms with van der Waals surface area (Å²) in [4.78, 5) is 1.66. The van der Waals surface area contributed by atoms with Crippen molar-refractivity contribution < 1.29 is 8.78 Å². The van der Waals surface area contributed by atoms with E-state index in [2.05, 4.69) is 0 Å². The summed E-state index contributed by atoms with van der Waals surface area (Å²) in [7, 11) is 1.72. The lowest BCUT2D eigenvalue weighted by Gasteiger charge is -2.22. The molecule has 0 aliphatic rings. The average Bonchev–Trinajstić information content (AvgIpc) is 1.53. The van der Waals surface area contributed by atoms with Crippen molar-refractivity contribution in [1.29, 1.82) is 0 Å². The van der Waals surface area contributed by atoms with Crippen LogP contribution in [-0.2, 0) is 0 Å². The zero-order valence-corrected chi connectivity index (χ0v) is 7.69. The molecule has 0 N–H and O–H groups in total. The van der Waals surface area contributed by atoms with Gasteiger partial charge in [-0.2, -0.15) is 0 Å². The molecule has 0 atom stereocenters. The van der Waals surface area contributed by atoms with E-state index in [4.69, 9.17) is 0 Å². The van der Waals surface area contributed by atoms with Gasteiger partial charge >= 0.3 is 0 Å². The molecule has 11 heavy (non-hydrogen) atoms. The molecule has 0 spiro atoms. The van der Waals surface area contributed by atoms with E-state index in [1.54, 1.807) is 11.9 Å². The Hall–Kier alpha value is -0.180. The molecule has 0 radical (unpaired) electrons. The van der Waals surface area contributed by atoms with Gasteiger partial charge in [0.05, 0.1) is 6.54 Å². The fourth-order valence-electron chi connectivity index (χ4n) is 1.16. The standard InChI is InChI=1S/C8H17F2N/c1-7(2)5-11(4)6-8(3,9)10/h7H,5-6H2,1-4H3. The summed E-state index contributed by atoms with van der Waals surface area (Å²) in [6, 6.07) is 0. The quantitative estimate of drug-likeness (QED) is 0.617. The Morgan fingerprint density at radius 3 is 2.09 bits per heavy atom. The second-order valence-corrected chi connectivity index (χ2v) is 3.66. The summed E-state index contributed by atoms with van der Waals surface area (Å²) in [6.07, 6.45) is 0. The van der Waals surface area contributed by atoms with E-state index in [1.807, 2.05) is 13.8 Å². The molecule has 0 aliphatic heterocycles. The number of hydrogen-bond donors (Lipinski definition) is 0. The summed E-state index contributed by atoms with van der Waals surface area (Å²) in [5.41, 5.74) is 0. The number of hydrogen-bond acceptors (Lipinski definition) is 1. The first-order chi connectivity index (χ1) is 4.81. The van der Waals surface area contributed by atoms with Gasteiger partial charge < -0.3 is 4.90 Å². The van der Waals surface area contributed by atoms with Gasteiger partial charge in [0.1, 0.15) is 0 Å². The molecule has 1 nitrogen and oxygen atoms in total. The first-order valence-electron chi connectivity index (χ1n) is 3.87. The average molecular weight is 165 g/mol. The summed E-state index contributed by atoms with van der Waals surface area (Å²) >= 11 is 0. The molecule has 0 saturated heterocycles. The van der Waals surface area contributed by atoms with E-state index in [-0.39, 0.29) is 6.54 Å². The second-order valence-electron chi connectivity index (χ2n) is 3.66. The van der Waals surface area contributed by atoms with Crippen LogP contribution in [0.5, 0.6) is 0 Å². The highest BCUT2D eigenvalue weighted by atomic mass is 19.3. The smallest absolute Gasteiger partial charge is 0.257 e. The van der Waals surface area contributed by atoms with Gasteiger partial charge in [-0.15, -0.1) is 0 Å². The highest BCUT2D eigenvalue weighted by Crippen LogP contribution is 2.13. The molecule has 0 amide bonds. The summed E-state index contributed by atoms with van der Waals surface area (Å²) in [5.74, 6) is -2.12. The largest absolute Gasteiger partial charge is 0.300 e. The number of alkyl halides is 2. The van der Waals surface area contributed by atoms with Gasteiger partial charge in [-0.1, -0.05) is 13.8 Å². The Labute approximate surface area is 67.4 Å². The topological polar surface area (TPSA) is 3.24 Å². The van der Waals surface area contributed by atoms with Crippen molar-refractivity contribution in [1.82, 2.24) is 4.90 Å². The molecule has 0 unspecified atom stereocenters. The SMILES string of the molecule is CC(C)CN(C)CC(C)(F)F. The highest BCUT2D eigenvalue weighted by molar-refractivity contribution is 4.64. The fourth-order valence-corrected chi connectivity index (χ4v) is 1.16. The van der Waals surface area contributed by atoms with Gasteiger partial charge in [0.2, 0.25) is 0 Å². The van der Waals surface area contributed by atoms with Gasteiger partial charge in [-0.3, -0.25) is 0 Å². The number of nitrogens with zero attached hydrogens (tertiary/aromatic N) is 1. The predicted molar refractivity (Wildman–Crippen MR) is 43.0 cm³/mol. The van der Waals surface area contributed by atoms with Gasteiger partial charge in [0.15, 0.2) is 0 Å². The van der Waals surface area contributed by atoms with E-state index < -0.39 is 5.92 Å². The molecule has 0 aromatic heterocycles. The maximum absolute atomic E-state index is 12.4. The van der Waals surface area contributed by atoms with Crippen molar-refractivity contribution in [3.63, 3.8) is 0 Å². The zero-order valence-electron chi connectivity index (χ0n) is 7.69. The lowest BCUT2D eigenvalue weighted by molar-refractivity contribution is -0.0100. The third-order valence-electron chi connectivity index (χ3n) is 1.22. The number of rotatable bonds is 4. The monoisotopic (exact) mass is 165 g/mol. The van der Waals surface area contributed by atoms with Crippen LogP contribution >= 0.6 is 0 Å². The van der Waals surface area contributed by atoms with E-state index in [0.29, 0.717) is 5.92 Å². The first-order valence-corrected chi connectivity index (χ1v) is 3.87. The lowest BCUT2D eigenvalue weighted by Crippen LogP contribution is -2.34. The van der Waals surface area contributed by atoms with Crippen LogP contribution in [0.2, 0.25) is 0 Å². The normalized spacial score (nSPS) is 13.1. The van der Waals surface area contributed by atoms with Gasteiger partial charge in [0.25, 0.3) is 5.92 Å². The summed E-state index contributed by atoms with van der Waals surface area (Å²) in [6.45, 7) is 5.56. The van der Waals surface area contributed by atoms with Crippen LogP contribution in [0.15, 0.2) is 0 Å². The van der Waals surface area contributed by atoms with Crippen LogP contribution in [-0.4, -0.2) is 31.0 Å². The molecule has 0 aromatic rings. The molecule has 0 heterocycles. The highest BCUT2D eigenvalue weighted by Gasteiger charge is 2.23. The molecule has 0 aromatic carbocycles. The second kappa shape index (κ2) is 4.00. The molecule has 0 fully saturated rings. The van der Waals surface area contributed by atoms with Crippen LogP contribution in [0.25, 0.3) is 0 Å². The van der Waals surface area contributed by atoms with E-state index >= 15 is 0 Å².